The predicted molar refractivity (Wildman–Crippen MR) is 312 cm³/mol. The number of hydrogen-bond donors (Lipinski definition) is 1. The van der Waals surface area contributed by atoms with E-state index in [0.29, 0.717) is 24.1 Å². The summed E-state index contributed by atoms with van der Waals surface area (Å²) < 4.78 is 35.3. The minimum absolute atomic E-state index is 0.0846. The van der Waals surface area contributed by atoms with E-state index in [1.54, 1.807) is 0 Å². The Morgan fingerprint density at radius 3 is 1.21 bits per heavy atom. The Bertz CT molecular complexity index is 1380. The van der Waals surface area contributed by atoms with Crippen LogP contribution in [0, 0.1) is 0 Å². The SMILES string of the molecule is CC/C=C\C/C=C\C/C=C\C/C=C\C/C=C\C/C=C\CCCCCCCCCOCC(COP(=O)(O)OCC[N+](C)(C)C)OC(=O)CCCCCCCCCCCCCCCCCCCCCCCCCC. The van der Waals surface area contributed by atoms with Crippen LogP contribution >= 0.6 is 7.82 Å². The number of esters is 1. The molecule has 0 aromatic heterocycles. The minimum Gasteiger partial charge on any atom is -0.457 e. The van der Waals surface area contributed by atoms with Crippen LogP contribution in [0.3, 0.4) is 0 Å². The molecule has 0 aliphatic rings. The van der Waals surface area contributed by atoms with Crippen molar-refractivity contribution in [3.8, 4) is 0 Å². The van der Waals surface area contributed by atoms with Crippen LogP contribution in [0.5, 0.6) is 0 Å². The first-order chi connectivity index (χ1) is 35.1. The number of allylic oxidation sites excluding steroid dienone is 12. The number of nitrogens with zero attached hydrogens (tertiary/aromatic N) is 1. The largest absolute Gasteiger partial charge is 0.472 e. The Labute approximate surface area is 446 Å². The molecule has 9 heteroatoms. The van der Waals surface area contributed by atoms with Crippen LogP contribution in [0.15, 0.2) is 72.9 Å². The minimum atomic E-state index is -4.29. The van der Waals surface area contributed by atoms with Crippen molar-refractivity contribution in [2.24, 2.45) is 0 Å². The molecule has 0 aliphatic heterocycles. The Morgan fingerprint density at radius 2 is 0.806 bits per heavy atom. The molecule has 0 amide bonds. The highest BCUT2D eigenvalue weighted by Crippen LogP contribution is 2.43. The van der Waals surface area contributed by atoms with Gasteiger partial charge in [0.15, 0.2) is 0 Å². The van der Waals surface area contributed by atoms with Crippen molar-refractivity contribution < 1.29 is 37.3 Å². The third-order valence-corrected chi connectivity index (χ3v) is 14.0. The van der Waals surface area contributed by atoms with Gasteiger partial charge in [0, 0.05) is 13.0 Å². The maximum absolute atomic E-state index is 12.8. The molecule has 1 N–H and O–H groups in total. The van der Waals surface area contributed by atoms with Crippen molar-refractivity contribution in [2.45, 2.75) is 270 Å². The zero-order valence-electron chi connectivity index (χ0n) is 47.9. The molecular formula is C63H117NO7P+. The highest BCUT2D eigenvalue weighted by atomic mass is 31.2. The lowest BCUT2D eigenvalue weighted by Gasteiger charge is -2.24. The van der Waals surface area contributed by atoms with Gasteiger partial charge in [0.05, 0.1) is 34.4 Å². The summed E-state index contributed by atoms with van der Waals surface area (Å²) >= 11 is 0. The molecule has 72 heavy (non-hydrogen) atoms. The average molecular weight is 1030 g/mol. The summed E-state index contributed by atoms with van der Waals surface area (Å²) in [7, 11) is 1.66. The molecule has 0 saturated heterocycles. The third kappa shape index (κ3) is 58.8. The first-order valence-electron chi connectivity index (χ1n) is 30.2. The van der Waals surface area contributed by atoms with E-state index in [9.17, 15) is 14.3 Å². The van der Waals surface area contributed by atoms with Crippen molar-refractivity contribution in [1.82, 2.24) is 0 Å². The number of quaternary nitrogens is 1. The summed E-state index contributed by atoms with van der Waals surface area (Å²) in [6, 6.07) is 0. The molecule has 0 spiro atoms. The summed E-state index contributed by atoms with van der Waals surface area (Å²) in [5.41, 5.74) is 0. The molecule has 0 rings (SSSR count). The number of hydrogen-bond acceptors (Lipinski definition) is 6. The Morgan fingerprint density at radius 1 is 0.444 bits per heavy atom. The molecule has 0 aliphatic carbocycles. The highest BCUT2D eigenvalue weighted by molar-refractivity contribution is 7.47. The van der Waals surface area contributed by atoms with Crippen molar-refractivity contribution in [2.75, 3.05) is 54.1 Å². The van der Waals surface area contributed by atoms with Crippen molar-refractivity contribution in [3.63, 3.8) is 0 Å². The fourth-order valence-electron chi connectivity index (χ4n) is 8.44. The molecule has 2 atom stereocenters. The fourth-order valence-corrected chi connectivity index (χ4v) is 9.18. The lowest BCUT2D eigenvalue weighted by Crippen LogP contribution is -2.37. The van der Waals surface area contributed by atoms with Gasteiger partial charge < -0.3 is 18.9 Å². The van der Waals surface area contributed by atoms with Gasteiger partial charge in [-0.05, 0) is 64.2 Å². The maximum Gasteiger partial charge on any atom is 0.472 e. The molecule has 420 valence electrons. The van der Waals surface area contributed by atoms with Gasteiger partial charge in [0.1, 0.15) is 19.3 Å². The molecule has 0 fully saturated rings. The summed E-state index contributed by atoms with van der Waals surface area (Å²) in [5, 5.41) is 0. The molecule has 0 radical (unpaired) electrons. The molecule has 0 aromatic carbocycles. The number of unbranched alkanes of at least 4 members (excludes halogenated alkanes) is 30. The normalized spacial score (nSPS) is 13.9. The fraction of sp³-hybridized carbons (Fsp3) is 0.794. The van der Waals surface area contributed by atoms with Crippen molar-refractivity contribution in [1.29, 1.82) is 0 Å². The summed E-state index contributed by atoms with van der Waals surface area (Å²) in [5.74, 6) is -0.314. The summed E-state index contributed by atoms with van der Waals surface area (Å²) in [6.07, 6.45) is 74.0. The lowest BCUT2D eigenvalue weighted by molar-refractivity contribution is -0.870. The van der Waals surface area contributed by atoms with E-state index in [-0.39, 0.29) is 25.8 Å². The topological polar surface area (TPSA) is 91.3 Å². The Balaban J connectivity index is 4.08. The van der Waals surface area contributed by atoms with Crippen LogP contribution in [0.4, 0.5) is 0 Å². The second-order valence-electron chi connectivity index (χ2n) is 21.4. The second kappa shape index (κ2) is 55.2. The quantitative estimate of drug-likeness (QED) is 0.0213. The number of phosphoric ester groups is 1. The van der Waals surface area contributed by atoms with Crippen LogP contribution in [-0.2, 0) is 27.9 Å². The summed E-state index contributed by atoms with van der Waals surface area (Å²) in [4.78, 5) is 23.1. The van der Waals surface area contributed by atoms with Crippen LogP contribution in [0.25, 0.3) is 0 Å². The van der Waals surface area contributed by atoms with E-state index in [1.165, 1.54) is 167 Å². The molecular weight excluding hydrogens is 914 g/mol. The molecule has 0 saturated carbocycles. The van der Waals surface area contributed by atoms with Gasteiger partial charge in [-0.25, -0.2) is 4.57 Å². The molecule has 0 bridgehead atoms. The van der Waals surface area contributed by atoms with Gasteiger partial charge >= 0.3 is 13.8 Å². The van der Waals surface area contributed by atoms with Gasteiger partial charge in [-0.3, -0.25) is 13.8 Å². The molecule has 8 nitrogen and oxygen atoms in total. The second-order valence-corrected chi connectivity index (χ2v) is 22.8. The van der Waals surface area contributed by atoms with E-state index in [0.717, 1.165) is 77.0 Å². The van der Waals surface area contributed by atoms with Crippen molar-refractivity contribution >= 4 is 13.8 Å². The summed E-state index contributed by atoms with van der Waals surface area (Å²) in [6.45, 7) is 5.52. The number of rotatable bonds is 56. The molecule has 0 aromatic rings. The van der Waals surface area contributed by atoms with Gasteiger partial charge in [-0.15, -0.1) is 0 Å². The standard InChI is InChI=1S/C63H116NO7P/c1-6-8-10-12-14-16-18-20-22-24-26-28-30-32-33-35-37-39-41-43-45-47-49-51-53-55-58-68-60-62(61-70-72(66,67)69-59-57-64(3,4)5)71-63(65)56-54-52-50-48-46-44-42-40-38-36-34-31-29-27-25-23-21-19-17-15-13-11-9-7-2/h8,10,14,16,20,22,26,28,32-33,37,39,62H,6-7,9,11-13,15,17-19,21,23-25,27,29-31,34-36,38,40-61H2,1-5H3/p+1/b10-8-,16-14-,22-20-,28-26-,33-32-,39-37-. The number of ether oxygens (including phenoxy) is 2. The number of likely N-dealkylation sites (N-methyl/N-ethyl adjacent to an activating group) is 1. The molecule has 0 heterocycles. The Hall–Kier alpha value is -2.06. The molecule has 2 unspecified atom stereocenters. The average Bonchev–Trinajstić information content (AvgIpc) is 3.34. The van der Waals surface area contributed by atoms with Crippen molar-refractivity contribution in [3.05, 3.63) is 72.9 Å². The zero-order valence-corrected chi connectivity index (χ0v) is 48.8. The van der Waals surface area contributed by atoms with Gasteiger partial charge in [0.2, 0.25) is 0 Å². The number of phosphoric acid groups is 1. The first-order valence-corrected chi connectivity index (χ1v) is 31.7. The van der Waals surface area contributed by atoms with Crippen LogP contribution in [0.1, 0.15) is 264 Å². The van der Waals surface area contributed by atoms with E-state index in [2.05, 4.69) is 86.8 Å². The van der Waals surface area contributed by atoms with Gasteiger partial charge in [0.25, 0.3) is 0 Å². The van der Waals surface area contributed by atoms with Crippen LogP contribution < -0.4 is 0 Å². The van der Waals surface area contributed by atoms with E-state index in [1.807, 2.05) is 21.1 Å². The predicted octanol–water partition coefficient (Wildman–Crippen LogP) is 19.3. The third-order valence-electron chi connectivity index (χ3n) is 13.0. The van der Waals surface area contributed by atoms with E-state index >= 15 is 0 Å². The lowest BCUT2D eigenvalue weighted by atomic mass is 10.0. The zero-order chi connectivity index (χ0) is 52.6. The maximum atomic E-state index is 12.8. The van der Waals surface area contributed by atoms with Gasteiger partial charge in [-0.2, -0.15) is 0 Å². The number of carbonyl (C=O) groups is 1. The van der Waals surface area contributed by atoms with Crippen LogP contribution in [0.2, 0.25) is 0 Å². The highest BCUT2D eigenvalue weighted by Gasteiger charge is 2.26. The number of carbonyl (C=O) groups excluding carboxylic acids is 1. The first kappa shape index (κ1) is 69.9. The van der Waals surface area contributed by atoms with Crippen LogP contribution in [-0.4, -0.2) is 75.6 Å². The van der Waals surface area contributed by atoms with E-state index < -0.39 is 13.9 Å². The smallest absolute Gasteiger partial charge is 0.457 e. The van der Waals surface area contributed by atoms with Gasteiger partial charge in [-0.1, -0.05) is 267 Å². The van der Waals surface area contributed by atoms with E-state index in [4.69, 9.17) is 18.5 Å². The monoisotopic (exact) mass is 1030 g/mol. The Kier molecular flexibility index (Phi) is 53.6.